The van der Waals surface area contributed by atoms with Crippen LogP contribution in [0, 0.1) is 5.92 Å². The Morgan fingerprint density at radius 2 is 2.30 bits per heavy atom. The molecule has 2 aromatic rings. The molecule has 1 unspecified atom stereocenters. The predicted octanol–water partition coefficient (Wildman–Crippen LogP) is 1.88. The van der Waals surface area contributed by atoms with E-state index in [4.69, 9.17) is 4.74 Å². The Balaban J connectivity index is 1.69. The van der Waals surface area contributed by atoms with Crippen LogP contribution >= 0.6 is 0 Å². The van der Waals surface area contributed by atoms with Crippen molar-refractivity contribution in [3.05, 3.63) is 24.3 Å². The maximum absolute atomic E-state index is 12.6. The molecular weight excluding hydrogens is 292 g/mol. The zero-order valence-corrected chi connectivity index (χ0v) is 13.8. The van der Waals surface area contributed by atoms with Crippen LogP contribution < -0.4 is 4.90 Å². The Morgan fingerprint density at radius 3 is 3.09 bits per heavy atom. The molecule has 1 aromatic carbocycles. The van der Waals surface area contributed by atoms with Crippen LogP contribution in [0.15, 0.2) is 24.3 Å². The number of nitrogens with one attached hydrogen (secondary N) is 1. The molecule has 1 fully saturated rings. The van der Waals surface area contributed by atoms with Crippen molar-refractivity contribution in [2.75, 3.05) is 45.3 Å². The summed E-state index contributed by atoms with van der Waals surface area (Å²) in [6.45, 7) is 2.86. The number of fused-ring (bicyclic) bond motifs is 1. The number of carbonyl (C=O) groups is 1. The highest BCUT2D eigenvalue weighted by molar-refractivity contribution is 5.80. The van der Waals surface area contributed by atoms with Crippen molar-refractivity contribution in [1.29, 1.82) is 0 Å². The summed E-state index contributed by atoms with van der Waals surface area (Å²) in [6.07, 6.45) is 1.94. The lowest BCUT2D eigenvalue weighted by Gasteiger charge is -2.33. The van der Waals surface area contributed by atoms with Gasteiger partial charge >= 0.3 is 0 Å². The minimum atomic E-state index is 0.0267. The number of methoxy groups -OCH3 is 1. The second kappa shape index (κ2) is 7.00. The van der Waals surface area contributed by atoms with E-state index in [9.17, 15) is 4.79 Å². The van der Waals surface area contributed by atoms with Crippen molar-refractivity contribution in [2.24, 2.45) is 5.92 Å². The molecule has 0 bridgehead atoms. The molecule has 1 aliphatic heterocycles. The van der Waals surface area contributed by atoms with Crippen molar-refractivity contribution < 1.29 is 9.53 Å². The molecule has 2 heterocycles. The van der Waals surface area contributed by atoms with Crippen LogP contribution in [-0.4, -0.2) is 61.2 Å². The number of imidazole rings is 1. The molecule has 0 radical (unpaired) electrons. The summed E-state index contributed by atoms with van der Waals surface area (Å²) >= 11 is 0. The van der Waals surface area contributed by atoms with Gasteiger partial charge in [-0.2, -0.15) is 0 Å². The molecular formula is C17H24N4O2. The SMILES string of the molecule is COCCN(C)C(=O)C1CCCN(c2nc3ccccc3[nH]2)C1. The fraction of sp³-hybridized carbons (Fsp3) is 0.529. The van der Waals surface area contributed by atoms with Gasteiger partial charge in [0, 0.05) is 33.8 Å². The van der Waals surface area contributed by atoms with Crippen LogP contribution in [-0.2, 0) is 9.53 Å². The average molecular weight is 316 g/mol. The molecule has 1 amide bonds. The number of piperidine rings is 1. The lowest BCUT2D eigenvalue weighted by molar-refractivity contribution is -0.135. The summed E-state index contributed by atoms with van der Waals surface area (Å²) in [5, 5.41) is 0. The zero-order chi connectivity index (χ0) is 16.2. The van der Waals surface area contributed by atoms with Gasteiger partial charge in [-0.15, -0.1) is 0 Å². The van der Waals surface area contributed by atoms with E-state index in [0.717, 1.165) is 42.9 Å². The molecule has 0 aliphatic carbocycles. The summed E-state index contributed by atoms with van der Waals surface area (Å²) in [6, 6.07) is 8.01. The molecule has 0 spiro atoms. The van der Waals surface area contributed by atoms with Gasteiger partial charge in [-0.05, 0) is 25.0 Å². The van der Waals surface area contributed by atoms with E-state index < -0.39 is 0 Å². The number of H-pyrrole nitrogens is 1. The first-order chi connectivity index (χ1) is 11.2. The second-order valence-electron chi connectivity index (χ2n) is 6.12. The number of carbonyl (C=O) groups excluding carboxylic acids is 1. The van der Waals surface area contributed by atoms with Crippen LogP contribution in [0.2, 0.25) is 0 Å². The fourth-order valence-electron chi connectivity index (χ4n) is 3.11. The van der Waals surface area contributed by atoms with Crippen molar-refractivity contribution >= 4 is 22.9 Å². The highest BCUT2D eigenvalue weighted by Crippen LogP contribution is 2.24. The normalized spacial score (nSPS) is 18.3. The monoisotopic (exact) mass is 316 g/mol. The highest BCUT2D eigenvalue weighted by Gasteiger charge is 2.29. The van der Waals surface area contributed by atoms with E-state index >= 15 is 0 Å². The van der Waals surface area contributed by atoms with Gasteiger partial charge in [-0.3, -0.25) is 4.79 Å². The zero-order valence-electron chi connectivity index (χ0n) is 13.8. The number of hydrogen-bond acceptors (Lipinski definition) is 4. The molecule has 6 nitrogen and oxygen atoms in total. The minimum absolute atomic E-state index is 0.0267. The first-order valence-corrected chi connectivity index (χ1v) is 8.12. The number of anilines is 1. The second-order valence-corrected chi connectivity index (χ2v) is 6.12. The molecule has 1 aliphatic rings. The van der Waals surface area contributed by atoms with E-state index in [0.29, 0.717) is 13.2 Å². The number of nitrogens with zero attached hydrogens (tertiary/aromatic N) is 3. The summed E-state index contributed by atoms with van der Waals surface area (Å²) in [5.41, 5.74) is 2.00. The van der Waals surface area contributed by atoms with Gasteiger partial charge in [0.15, 0.2) is 0 Å². The van der Waals surface area contributed by atoms with Gasteiger partial charge in [-0.1, -0.05) is 12.1 Å². The van der Waals surface area contributed by atoms with Gasteiger partial charge < -0.3 is 19.5 Å². The first-order valence-electron chi connectivity index (χ1n) is 8.12. The number of rotatable bonds is 5. The number of aromatic nitrogens is 2. The molecule has 6 heteroatoms. The number of ether oxygens (including phenoxy) is 1. The maximum atomic E-state index is 12.6. The van der Waals surface area contributed by atoms with Crippen LogP contribution in [0.1, 0.15) is 12.8 Å². The third-order valence-electron chi connectivity index (χ3n) is 4.45. The van der Waals surface area contributed by atoms with Gasteiger partial charge in [0.25, 0.3) is 0 Å². The van der Waals surface area contributed by atoms with Crippen LogP contribution in [0.25, 0.3) is 11.0 Å². The molecule has 23 heavy (non-hydrogen) atoms. The number of aromatic amines is 1. The van der Waals surface area contributed by atoms with Gasteiger partial charge in [0.05, 0.1) is 23.6 Å². The molecule has 1 N–H and O–H groups in total. The van der Waals surface area contributed by atoms with Crippen LogP contribution in [0.5, 0.6) is 0 Å². The number of benzene rings is 1. The van der Waals surface area contributed by atoms with Crippen molar-refractivity contribution in [3.8, 4) is 0 Å². The van der Waals surface area contributed by atoms with E-state index in [1.807, 2.05) is 31.3 Å². The summed E-state index contributed by atoms with van der Waals surface area (Å²) < 4.78 is 5.05. The minimum Gasteiger partial charge on any atom is -0.383 e. The molecule has 1 atom stereocenters. The number of para-hydroxylation sites is 2. The third-order valence-corrected chi connectivity index (χ3v) is 4.45. The predicted molar refractivity (Wildman–Crippen MR) is 90.5 cm³/mol. The third kappa shape index (κ3) is 3.47. The number of amides is 1. The summed E-state index contributed by atoms with van der Waals surface area (Å²) in [5.74, 6) is 1.09. The summed E-state index contributed by atoms with van der Waals surface area (Å²) in [7, 11) is 3.50. The Labute approximate surface area is 136 Å². The first kappa shape index (κ1) is 15.8. The number of likely N-dealkylation sites (N-methyl/N-ethyl adjacent to an activating group) is 1. The van der Waals surface area contributed by atoms with Crippen molar-refractivity contribution in [2.45, 2.75) is 12.8 Å². The quantitative estimate of drug-likeness (QED) is 0.915. The molecule has 1 aromatic heterocycles. The Kier molecular flexibility index (Phi) is 4.81. The Hall–Kier alpha value is -2.08. The van der Waals surface area contributed by atoms with Gasteiger partial charge in [0.1, 0.15) is 0 Å². The Morgan fingerprint density at radius 1 is 1.48 bits per heavy atom. The Bertz CT molecular complexity index is 636. The smallest absolute Gasteiger partial charge is 0.227 e. The lowest BCUT2D eigenvalue weighted by Crippen LogP contribution is -2.44. The fourth-order valence-corrected chi connectivity index (χ4v) is 3.11. The van der Waals surface area contributed by atoms with Crippen molar-refractivity contribution in [3.63, 3.8) is 0 Å². The molecule has 1 saturated heterocycles. The van der Waals surface area contributed by atoms with E-state index in [-0.39, 0.29) is 11.8 Å². The van der Waals surface area contributed by atoms with Crippen LogP contribution in [0.3, 0.4) is 0 Å². The average Bonchev–Trinajstić information content (AvgIpc) is 3.03. The molecule has 3 rings (SSSR count). The molecule has 124 valence electrons. The van der Waals surface area contributed by atoms with E-state index in [2.05, 4.69) is 14.9 Å². The van der Waals surface area contributed by atoms with Crippen LogP contribution in [0.4, 0.5) is 5.95 Å². The van der Waals surface area contributed by atoms with E-state index in [1.54, 1.807) is 12.0 Å². The topological polar surface area (TPSA) is 61.5 Å². The summed E-state index contributed by atoms with van der Waals surface area (Å²) in [4.78, 5) is 24.5. The standard InChI is InChI=1S/C17H24N4O2/c1-20(10-11-23-2)16(22)13-6-5-9-21(12-13)17-18-14-7-3-4-8-15(14)19-17/h3-4,7-8,13H,5-6,9-12H2,1-2H3,(H,18,19). The number of hydrogen-bond donors (Lipinski definition) is 1. The van der Waals surface area contributed by atoms with Gasteiger partial charge in [-0.25, -0.2) is 4.98 Å². The van der Waals surface area contributed by atoms with Gasteiger partial charge in [0.2, 0.25) is 11.9 Å². The van der Waals surface area contributed by atoms with Crippen molar-refractivity contribution in [1.82, 2.24) is 14.9 Å². The highest BCUT2D eigenvalue weighted by atomic mass is 16.5. The maximum Gasteiger partial charge on any atom is 0.227 e. The molecule has 0 saturated carbocycles. The lowest BCUT2D eigenvalue weighted by atomic mass is 9.97. The van der Waals surface area contributed by atoms with E-state index in [1.165, 1.54) is 0 Å². The largest absolute Gasteiger partial charge is 0.383 e.